The van der Waals surface area contributed by atoms with Crippen LogP contribution in [0.3, 0.4) is 0 Å². The van der Waals surface area contributed by atoms with E-state index in [0.29, 0.717) is 17.2 Å². The Balaban J connectivity index is 1.75. The maximum atomic E-state index is 11.3. The number of H-pyrrole nitrogens is 1. The summed E-state index contributed by atoms with van der Waals surface area (Å²) in [6.07, 6.45) is 3.69. The van der Waals surface area contributed by atoms with Gasteiger partial charge in [0.25, 0.3) is 0 Å². The van der Waals surface area contributed by atoms with Crippen LogP contribution >= 0.6 is 0 Å². The second-order valence-corrected chi connectivity index (χ2v) is 6.60. The van der Waals surface area contributed by atoms with Crippen LogP contribution in [0, 0.1) is 0 Å². The summed E-state index contributed by atoms with van der Waals surface area (Å²) in [4.78, 5) is 21.8. The number of primary amides is 1. The molecule has 4 rings (SSSR count). The van der Waals surface area contributed by atoms with E-state index in [1.54, 1.807) is 0 Å². The van der Waals surface area contributed by atoms with Gasteiger partial charge in [-0.1, -0.05) is 0 Å². The summed E-state index contributed by atoms with van der Waals surface area (Å²) in [5.74, 6) is 1.83. The van der Waals surface area contributed by atoms with Crippen LogP contribution in [-0.4, -0.2) is 42.2 Å². The van der Waals surface area contributed by atoms with Gasteiger partial charge in [-0.2, -0.15) is 0 Å². The minimum atomic E-state index is -0.804. The highest BCUT2D eigenvalue weighted by Gasteiger charge is 2.22. The van der Waals surface area contributed by atoms with Crippen molar-refractivity contribution < 1.29 is 9.53 Å². The van der Waals surface area contributed by atoms with Gasteiger partial charge in [0, 0.05) is 30.8 Å². The molecule has 2 fully saturated rings. The number of benzene rings is 1. The van der Waals surface area contributed by atoms with Crippen molar-refractivity contribution in [3.8, 4) is 5.75 Å². The molecule has 0 bridgehead atoms. The SMILES string of the molecule is NC(=O)Oc1cc(N2CCCC2)cc2[nH]c(C3CCNCC3)nc12. The molecule has 1 aromatic carbocycles. The van der Waals surface area contributed by atoms with Crippen molar-refractivity contribution in [3.63, 3.8) is 0 Å². The minimum Gasteiger partial charge on any atom is -0.408 e. The first kappa shape index (κ1) is 15.3. The van der Waals surface area contributed by atoms with E-state index in [1.165, 1.54) is 12.8 Å². The van der Waals surface area contributed by atoms with E-state index in [1.807, 2.05) is 6.07 Å². The average molecular weight is 329 g/mol. The maximum Gasteiger partial charge on any atom is 0.410 e. The fourth-order valence-corrected chi connectivity index (χ4v) is 3.72. The van der Waals surface area contributed by atoms with Crippen LogP contribution in [0.25, 0.3) is 11.0 Å². The van der Waals surface area contributed by atoms with Crippen LogP contribution < -0.4 is 20.7 Å². The minimum absolute atomic E-state index is 0.412. The lowest BCUT2D eigenvalue weighted by molar-refractivity contribution is 0.211. The number of imidazole rings is 1. The zero-order valence-corrected chi connectivity index (χ0v) is 13.7. The number of hydrogen-bond donors (Lipinski definition) is 3. The fourth-order valence-electron chi connectivity index (χ4n) is 3.72. The Hall–Kier alpha value is -2.28. The van der Waals surface area contributed by atoms with Crippen molar-refractivity contribution in [3.05, 3.63) is 18.0 Å². The van der Waals surface area contributed by atoms with E-state index in [2.05, 4.69) is 21.3 Å². The van der Waals surface area contributed by atoms with Gasteiger partial charge >= 0.3 is 6.09 Å². The number of piperidine rings is 1. The second kappa shape index (κ2) is 6.32. The summed E-state index contributed by atoms with van der Waals surface area (Å²) >= 11 is 0. The lowest BCUT2D eigenvalue weighted by Crippen LogP contribution is -2.27. The first-order chi connectivity index (χ1) is 11.7. The second-order valence-electron chi connectivity index (χ2n) is 6.60. The quantitative estimate of drug-likeness (QED) is 0.801. The largest absolute Gasteiger partial charge is 0.410 e. The van der Waals surface area contributed by atoms with Crippen molar-refractivity contribution in [1.29, 1.82) is 0 Å². The zero-order chi connectivity index (χ0) is 16.5. The molecule has 0 unspecified atom stereocenters. The van der Waals surface area contributed by atoms with Gasteiger partial charge in [0.2, 0.25) is 0 Å². The fraction of sp³-hybridized carbons (Fsp3) is 0.529. The predicted octanol–water partition coefficient (Wildman–Crippen LogP) is 2.09. The number of hydrogen-bond acceptors (Lipinski definition) is 5. The van der Waals surface area contributed by atoms with Gasteiger partial charge in [0.05, 0.1) is 5.52 Å². The third-order valence-electron chi connectivity index (χ3n) is 4.96. The highest BCUT2D eigenvalue weighted by Crippen LogP contribution is 2.34. The van der Waals surface area contributed by atoms with Crippen molar-refractivity contribution in [2.24, 2.45) is 5.73 Å². The third kappa shape index (κ3) is 2.91. The maximum absolute atomic E-state index is 11.3. The third-order valence-corrected chi connectivity index (χ3v) is 4.96. The molecular weight excluding hydrogens is 306 g/mol. The number of carbonyl (C=O) groups excluding carboxylic acids is 1. The number of rotatable bonds is 3. The number of fused-ring (bicyclic) bond motifs is 1. The Morgan fingerprint density at radius 2 is 2.00 bits per heavy atom. The Morgan fingerprint density at radius 1 is 1.25 bits per heavy atom. The molecule has 7 heteroatoms. The van der Waals surface area contributed by atoms with Crippen molar-refractivity contribution in [2.45, 2.75) is 31.6 Å². The zero-order valence-electron chi connectivity index (χ0n) is 13.7. The van der Waals surface area contributed by atoms with Crippen LogP contribution in [-0.2, 0) is 0 Å². The number of nitrogens with two attached hydrogens (primary N) is 1. The number of aromatic nitrogens is 2. The van der Waals surface area contributed by atoms with Gasteiger partial charge in [0.15, 0.2) is 5.75 Å². The van der Waals surface area contributed by atoms with Crippen LogP contribution in [0.5, 0.6) is 5.75 Å². The molecule has 4 N–H and O–H groups in total. The smallest absolute Gasteiger partial charge is 0.408 e. The normalized spacial score (nSPS) is 19.1. The van der Waals surface area contributed by atoms with Crippen LogP contribution in [0.1, 0.15) is 37.4 Å². The van der Waals surface area contributed by atoms with Gasteiger partial charge in [0.1, 0.15) is 11.3 Å². The summed E-state index contributed by atoms with van der Waals surface area (Å²) in [5.41, 5.74) is 7.89. The molecule has 0 spiro atoms. The van der Waals surface area contributed by atoms with E-state index in [4.69, 9.17) is 15.5 Å². The standard InChI is InChI=1S/C17H23N5O2/c18-17(23)24-14-10-12(22-7-1-2-8-22)9-13-15(14)21-16(20-13)11-3-5-19-6-4-11/h9-11,19H,1-8H2,(H2,18,23)(H,20,21). The van der Waals surface area contributed by atoms with Crippen molar-refractivity contribution in [1.82, 2.24) is 15.3 Å². The summed E-state index contributed by atoms with van der Waals surface area (Å²) < 4.78 is 5.25. The van der Waals surface area contributed by atoms with Crippen LogP contribution in [0.4, 0.5) is 10.5 Å². The van der Waals surface area contributed by atoms with Crippen molar-refractivity contribution in [2.75, 3.05) is 31.1 Å². The Bertz CT molecular complexity index is 745. The van der Waals surface area contributed by atoms with Gasteiger partial charge in [-0.05, 0) is 44.8 Å². The molecular formula is C17H23N5O2. The number of carbonyl (C=O) groups is 1. The molecule has 2 aliphatic heterocycles. The van der Waals surface area contributed by atoms with Gasteiger partial charge in [-0.15, -0.1) is 0 Å². The summed E-state index contributed by atoms with van der Waals surface area (Å²) in [6, 6.07) is 3.98. The highest BCUT2D eigenvalue weighted by molar-refractivity contribution is 5.88. The molecule has 1 aromatic heterocycles. The topological polar surface area (TPSA) is 96.3 Å². The Kier molecular flexibility index (Phi) is 4.02. The number of nitrogens with one attached hydrogen (secondary N) is 2. The number of ether oxygens (including phenoxy) is 1. The average Bonchev–Trinajstić information content (AvgIpc) is 3.24. The van der Waals surface area contributed by atoms with E-state index >= 15 is 0 Å². The van der Waals surface area contributed by atoms with E-state index in [-0.39, 0.29) is 0 Å². The lowest BCUT2D eigenvalue weighted by atomic mass is 9.98. The van der Waals surface area contributed by atoms with Crippen LogP contribution in [0.15, 0.2) is 12.1 Å². The summed E-state index contributed by atoms with van der Waals surface area (Å²) in [7, 11) is 0. The van der Waals surface area contributed by atoms with E-state index < -0.39 is 6.09 Å². The first-order valence-electron chi connectivity index (χ1n) is 8.67. The molecule has 1 amide bonds. The van der Waals surface area contributed by atoms with Gasteiger partial charge in [-0.25, -0.2) is 9.78 Å². The number of anilines is 1. The van der Waals surface area contributed by atoms with Crippen LogP contribution in [0.2, 0.25) is 0 Å². The van der Waals surface area contributed by atoms with E-state index in [0.717, 1.165) is 56.0 Å². The van der Waals surface area contributed by atoms with Gasteiger partial charge in [-0.3, -0.25) is 0 Å². The van der Waals surface area contributed by atoms with Crippen molar-refractivity contribution >= 4 is 22.8 Å². The molecule has 0 aliphatic carbocycles. The van der Waals surface area contributed by atoms with E-state index in [9.17, 15) is 4.79 Å². The molecule has 3 heterocycles. The number of amides is 1. The lowest BCUT2D eigenvalue weighted by Gasteiger charge is -2.20. The first-order valence-corrected chi connectivity index (χ1v) is 8.67. The molecule has 128 valence electrons. The summed E-state index contributed by atoms with van der Waals surface area (Å²) in [6.45, 7) is 4.06. The summed E-state index contributed by atoms with van der Waals surface area (Å²) in [5, 5.41) is 3.37. The molecule has 2 saturated heterocycles. The molecule has 0 saturated carbocycles. The predicted molar refractivity (Wildman–Crippen MR) is 92.6 cm³/mol. The number of nitrogens with zero attached hydrogens (tertiary/aromatic N) is 2. The molecule has 24 heavy (non-hydrogen) atoms. The monoisotopic (exact) mass is 329 g/mol. The Labute approximate surface area is 140 Å². The number of aromatic amines is 1. The van der Waals surface area contributed by atoms with Gasteiger partial charge < -0.3 is 25.7 Å². The molecule has 2 aliphatic rings. The molecule has 0 atom stereocenters. The molecule has 7 nitrogen and oxygen atoms in total. The highest BCUT2D eigenvalue weighted by atomic mass is 16.5. The molecule has 2 aromatic rings. The molecule has 0 radical (unpaired) electrons. The Morgan fingerprint density at radius 3 is 2.71 bits per heavy atom.